The number of carbonyl (C=O) groups is 1. The topological polar surface area (TPSA) is 57.0 Å². The predicted octanol–water partition coefficient (Wildman–Crippen LogP) is 1.20. The zero-order chi connectivity index (χ0) is 12.0. The van der Waals surface area contributed by atoms with Crippen LogP contribution < -0.4 is 0 Å². The molecule has 0 spiro atoms. The van der Waals surface area contributed by atoms with Gasteiger partial charge in [-0.05, 0) is 12.3 Å². The first-order valence-corrected chi connectivity index (χ1v) is 5.67. The molecule has 0 amide bonds. The monoisotopic (exact) mass is 243 g/mol. The van der Waals surface area contributed by atoms with Crippen LogP contribution in [0.2, 0.25) is 0 Å². The molecule has 1 rings (SSSR count). The van der Waals surface area contributed by atoms with E-state index in [0.717, 1.165) is 12.1 Å². The van der Waals surface area contributed by atoms with Gasteiger partial charge in [0, 0.05) is 20.1 Å². The highest BCUT2D eigenvalue weighted by Crippen LogP contribution is 2.09. The molecule has 1 heterocycles. The van der Waals surface area contributed by atoms with Crippen LogP contribution in [0.3, 0.4) is 0 Å². The number of aromatic nitrogens is 3. The zero-order valence-electron chi connectivity index (χ0n) is 9.59. The van der Waals surface area contributed by atoms with Crippen molar-refractivity contribution >= 4 is 17.7 Å². The van der Waals surface area contributed by atoms with Gasteiger partial charge in [-0.2, -0.15) is 0 Å². The standard InChI is InChI=1S/C10H17N3O2S/c1-8(5-10(14)16)3-4-15-7-9-6-11-12-13(9)2/h6,8H,3-5,7H2,1-2H3,(H,14,16). The van der Waals surface area contributed by atoms with E-state index in [1.165, 1.54) is 0 Å². The van der Waals surface area contributed by atoms with Crippen molar-refractivity contribution in [2.75, 3.05) is 6.61 Å². The molecular weight excluding hydrogens is 226 g/mol. The van der Waals surface area contributed by atoms with Crippen molar-refractivity contribution in [3.05, 3.63) is 11.9 Å². The van der Waals surface area contributed by atoms with Gasteiger partial charge < -0.3 is 4.74 Å². The summed E-state index contributed by atoms with van der Waals surface area (Å²) in [6.45, 7) is 3.15. The first-order valence-electron chi connectivity index (χ1n) is 5.22. The fourth-order valence-corrected chi connectivity index (χ4v) is 1.61. The van der Waals surface area contributed by atoms with Crippen LogP contribution in [0.25, 0.3) is 0 Å². The van der Waals surface area contributed by atoms with Crippen molar-refractivity contribution in [2.45, 2.75) is 26.4 Å². The number of nitrogens with zero attached hydrogens (tertiary/aromatic N) is 3. The molecule has 90 valence electrons. The Balaban J connectivity index is 2.12. The predicted molar refractivity (Wildman–Crippen MR) is 63.1 cm³/mol. The highest BCUT2D eigenvalue weighted by Gasteiger charge is 2.06. The maximum atomic E-state index is 10.7. The Morgan fingerprint density at radius 2 is 2.44 bits per heavy atom. The summed E-state index contributed by atoms with van der Waals surface area (Å²) in [6.07, 6.45) is 3.04. The number of rotatable bonds is 7. The molecule has 16 heavy (non-hydrogen) atoms. The summed E-state index contributed by atoms with van der Waals surface area (Å²) in [6, 6.07) is 0. The zero-order valence-corrected chi connectivity index (χ0v) is 10.5. The molecule has 0 aliphatic rings. The molecule has 6 heteroatoms. The van der Waals surface area contributed by atoms with Gasteiger partial charge in [0.1, 0.15) is 0 Å². The molecule has 0 saturated heterocycles. The summed E-state index contributed by atoms with van der Waals surface area (Å²) in [5, 5.41) is 7.49. The van der Waals surface area contributed by atoms with Crippen LogP contribution in [-0.2, 0) is 23.2 Å². The number of hydrogen-bond donors (Lipinski definition) is 1. The lowest BCUT2D eigenvalue weighted by Crippen LogP contribution is -2.06. The van der Waals surface area contributed by atoms with Gasteiger partial charge in [0.2, 0.25) is 0 Å². The van der Waals surface area contributed by atoms with Gasteiger partial charge in [-0.25, -0.2) is 0 Å². The van der Waals surface area contributed by atoms with Crippen molar-refractivity contribution in [3.8, 4) is 0 Å². The van der Waals surface area contributed by atoms with Crippen LogP contribution in [-0.4, -0.2) is 26.7 Å². The molecule has 0 N–H and O–H groups in total. The third-order valence-electron chi connectivity index (χ3n) is 2.34. The van der Waals surface area contributed by atoms with Crippen LogP contribution >= 0.6 is 12.6 Å². The molecule has 0 fully saturated rings. The van der Waals surface area contributed by atoms with Crippen molar-refractivity contribution in [1.29, 1.82) is 0 Å². The van der Waals surface area contributed by atoms with Gasteiger partial charge in [0.05, 0.1) is 18.5 Å². The van der Waals surface area contributed by atoms with Gasteiger partial charge in [-0.3, -0.25) is 9.48 Å². The minimum absolute atomic E-state index is 0.0664. The van der Waals surface area contributed by atoms with Crippen LogP contribution in [0, 0.1) is 5.92 Å². The number of aryl methyl sites for hydroxylation is 1. The molecule has 0 aliphatic carbocycles. The van der Waals surface area contributed by atoms with E-state index in [4.69, 9.17) is 4.74 Å². The van der Waals surface area contributed by atoms with Crippen molar-refractivity contribution in [2.24, 2.45) is 13.0 Å². The molecule has 0 saturated carbocycles. The van der Waals surface area contributed by atoms with Crippen LogP contribution in [0.5, 0.6) is 0 Å². The van der Waals surface area contributed by atoms with E-state index >= 15 is 0 Å². The Kier molecular flexibility index (Phi) is 5.48. The second-order valence-electron chi connectivity index (χ2n) is 3.89. The summed E-state index contributed by atoms with van der Waals surface area (Å²) in [5.41, 5.74) is 0.943. The van der Waals surface area contributed by atoms with E-state index < -0.39 is 0 Å². The molecular formula is C10H17N3O2S. The Labute approximate surface area is 101 Å². The number of carbonyl (C=O) groups excluding carboxylic acids is 1. The van der Waals surface area contributed by atoms with E-state index in [9.17, 15) is 4.79 Å². The molecule has 0 radical (unpaired) electrons. The van der Waals surface area contributed by atoms with Crippen molar-refractivity contribution < 1.29 is 9.53 Å². The number of thiol groups is 1. The van der Waals surface area contributed by atoms with Gasteiger partial charge in [0.25, 0.3) is 0 Å². The molecule has 1 unspecified atom stereocenters. The lowest BCUT2D eigenvalue weighted by Gasteiger charge is -2.09. The molecule has 0 aromatic carbocycles. The third kappa shape index (κ3) is 4.76. The van der Waals surface area contributed by atoms with Gasteiger partial charge in [0.15, 0.2) is 5.12 Å². The highest BCUT2D eigenvalue weighted by molar-refractivity contribution is 7.96. The SMILES string of the molecule is CC(CCOCc1cnnn1C)CC(=O)S. The van der Waals surface area contributed by atoms with Crippen molar-refractivity contribution in [3.63, 3.8) is 0 Å². The molecule has 1 aromatic heterocycles. The molecule has 5 nitrogen and oxygen atoms in total. The first-order chi connectivity index (χ1) is 7.59. The summed E-state index contributed by atoms with van der Waals surface area (Å²) >= 11 is 3.75. The molecule has 0 bridgehead atoms. The van der Waals surface area contributed by atoms with Gasteiger partial charge >= 0.3 is 0 Å². The van der Waals surface area contributed by atoms with Crippen LogP contribution in [0.4, 0.5) is 0 Å². The van der Waals surface area contributed by atoms with Gasteiger partial charge in [-0.1, -0.05) is 12.1 Å². The third-order valence-corrected chi connectivity index (χ3v) is 2.52. The minimum atomic E-state index is -0.0664. The van der Waals surface area contributed by atoms with Crippen molar-refractivity contribution in [1.82, 2.24) is 15.0 Å². The Hall–Kier alpha value is -0.880. The second kappa shape index (κ2) is 6.65. The molecule has 0 aliphatic heterocycles. The Bertz CT molecular complexity index is 341. The molecule has 1 atom stereocenters. The van der Waals surface area contributed by atoms with E-state index in [2.05, 4.69) is 22.9 Å². The maximum Gasteiger partial charge on any atom is 0.186 e. The molecule has 1 aromatic rings. The minimum Gasteiger partial charge on any atom is -0.375 e. The highest BCUT2D eigenvalue weighted by atomic mass is 32.1. The van der Waals surface area contributed by atoms with E-state index in [0.29, 0.717) is 25.6 Å². The fraction of sp³-hybridized carbons (Fsp3) is 0.700. The maximum absolute atomic E-state index is 10.7. The lowest BCUT2D eigenvalue weighted by atomic mass is 10.1. The first kappa shape index (κ1) is 13.2. The average molecular weight is 243 g/mol. The fourth-order valence-electron chi connectivity index (χ4n) is 1.30. The lowest BCUT2D eigenvalue weighted by molar-refractivity contribution is -0.111. The largest absolute Gasteiger partial charge is 0.375 e. The summed E-state index contributed by atoms with van der Waals surface area (Å²) in [7, 11) is 1.83. The van der Waals surface area contributed by atoms with Gasteiger partial charge in [-0.15, -0.1) is 17.7 Å². The van der Waals surface area contributed by atoms with Crippen LogP contribution in [0.1, 0.15) is 25.5 Å². The number of ether oxygens (including phenoxy) is 1. The summed E-state index contributed by atoms with van der Waals surface area (Å²) < 4.78 is 7.16. The Morgan fingerprint density at radius 1 is 1.69 bits per heavy atom. The van der Waals surface area contributed by atoms with E-state index in [1.54, 1.807) is 10.9 Å². The summed E-state index contributed by atoms with van der Waals surface area (Å²) in [4.78, 5) is 10.7. The van der Waals surface area contributed by atoms with E-state index in [1.807, 2.05) is 14.0 Å². The second-order valence-corrected chi connectivity index (χ2v) is 4.39. The Morgan fingerprint density at radius 3 is 3.00 bits per heavy atom. The quantitative estimate of drug-likeness (QED) is 0.577. The smallest absolute Gasteiger partial charge is 0.186 e. The van der Waals surface area contributed by atoms with E-state index in [-0.39, 0.29) is 5.12 Å². The number of hydrogen-bond acceptors (Lipinski definition) is 4. The normalized spacial score (nSPS) is 12.7. The summed E-state index contributed by atoms with van der Waals surface area (Å²) in [5.74, 6) is 0.315. The van der Waals surface area contributed by atoms with Crippen LogP contribution in [0.15, 0.2) is 6.20 Å². The average Bonchev–Trinajstić information content (AvgIpc) is 2.58.